The van der Waals surface area contributed by atoms with Crippen LogP contribution in [-0.4, -0.2) is 77.3 Å². The van der Waals surface area contributed by atoms with Crippen molar-refractivity contribution in [2.45, 2.75) is 76.7 Å². The summed E-state index contributed by atoms with van der Waals surface area (Å²) in [5.41, 5.74) is 2.39. The van der Waals surface area contributed by atoms with Gasteiger partial charge in [-0.1, -0.05) is 74.4 Å². The predicted octanol–water partition coefficient (Wildman–Crippen LogP) is 3.92. The number of ether oxygens (including phenoxy) is 2. The standard InChI is InChI=1S/C37H47N3O11/c1-2-3-7-20-38-36(44)32(21-27-12-16-30(17-13-27)51-31(24-49-46)25-50-47)40-37(45)33(39-34(41)18-19-35(42)43)22-26-10-14-29(15-11-26)48-23-28-8-5-4-6-9-28/h4-6,8-17,31-33,46-47H,2-3,7,18-25H2,1H3,(H,38,44)(H,39,41)(H,40,45)(H,42,43). The molecule has 14 heteroatoms. The van der Waals surface area contributed by atoms with Gasteiger partial charge in [-0.25, -0.2) is 9.78 Å². The predicted molar refractivity (Wildman–Crippen MR) is 186 cm³/mol. The van der Waals surface area contributed by atoms with E-state index >= 15 is 0 Å². The molecule has 2 atom stereocenters. The lowest BCUT2D eigenvalue weighted by molar-refractivity contribution is -0.286. The highest BCUT2D eigenvalue weighted by Gasteiger charge is 2.27. The van der Waals surface area contributed by atoms with Crippen LogP contribution in [0.4, 0.5) is 0 Å². The summed E-state index contributed by atoms with van der Waals surface area (Å²) in [5.74, 6) is -1.80. The SMILES string of the molecule is CCCCCNC(=O)C(Cc1ccc(OC(COO)COO)cc1)NC(=O)C(Cc1ccc(OCc2ccccc2)cc1)NC(=O)CCC(=O)O. The van der Waals surface area contributed by atoms with E-state index in [0.29, 0.717) is 35.8 Å². The molecule has 0 heterocycles. The van der Waals surface area contributed by atoms with Crippen molar-refractivity contribution < 1.29 is 54.0 Å². The molecule has 0 bridgehead atoms. The zero-order valence-electron chi connectivity index (χ0n) is 28.6. The number of carboxylic acid groups (broad SMARTS) is 1. The third-order valence-corrected chi connectivity index (χ3v) is 7.73. The van der Waals surface area contributed by atoms with Gasteiger partial charge in [-0.2, -0.15) is 0 Å². The maximum Gasteiger partial charge on any atom is 0.303 e. The van der Waals surface area contributed by atoms with Gasteiger partial charge in [-0.3, -0.25) is 29.7 Å². The highest BCUT2D eigenvalue weighted by Crippen LogP contribution is 2.18. The van der Waals surface area contributed by atoms with E-state index in [0.717, 1.165) is 24.8 Å². The Morgan fingerprint density at radius 1 is 0.686 bits per heavy atom. The molecule has 3 amide bonds. The van der Waals surface area contributed by atoms with Crippen molar-refractivity contribution in [3.63, 3.8) is 0 Å². The minimum absolute atomic E-state index is 0.0662. The molecule has 0 saturated heterocycles. The summed E-state index contributed by atoms with van der Waals surface area (Å²) < 4.78 is 11.5. The minimum atomic E-state index is -1.15. The van der Waals surface area contributed by atoms with Crippen LogP contribution in [0.15, 0.2) is 78.9 Å². The fraction of sp³-hybridized carbons (Fsp3) is 0.405. The number of amides is 3. The van der Waals surface area contributed by atoms with Crippen LogP contribution in [0, 0.1) is 0 Å². The number of carbonyl (C=O) groups excluding carboxylic acids is 3. The molecule has 0 saturated carbocycles. The van der Waals surface area contributed by atoms with Crippen molar-refractivity contribution in [3.05, 3.63) is 95.6 Å². The van der Waals surface area contributed by atoms with Gasteiger partial charge in [-0.15, -0.1) is 0 Å². The lowest BCUT2D eigenvalue weighted by Gasteiger charge is -2.24. The molecule has 2 unspecified atom stereocenters. The molecule has 14 nitrogen and oxygen atoms in total. The molecule has 0 spiro atoms. The van der Waals surface area contributed by atoms with Crippen LogP contribution in [0.2, 0.25) is 0 Å². The van der Waals surface area contributed by atoms with Gasteiger partial charge in [0.05, 0.1) is 6.42 Å². The van der Waals surface area contributed by atoms with Gasteiger partial charge in [0.1, 0.15) is 43.4 Å². The summed E-state index contributed by atoms with van der Waals surface area (Å²) in [6.45, 7) is 2.33. The van der Waals surface area contributed by atoms with Gasteiger partial charge in [0.2, 0.25) is 17.7 Å². The fourth-order valence-corrected chi connectivity index (χ4v) is 5.00. The van der Waals surface area contributed by atoms with Gasteiger partial charge in [-0.05, 0) is 47.4 Å². The first-order chi connectivity index (χ1) is 24.7. The number of hydrogen-bond acceptors (Lipinski definition) is 10. The van der Waals surface area contributed by atoms with Crippen molar-refractivity contribution in [3.8, 4) is 11.5 Å². The molecule has 3 aromatic rings. The Kier molecular flexibility index (Phi) is 17.9. The number of carboxylic acids is 1. The van der Waals surface area contributed by atoms with Crippen LogP contribution in [0.3, 0.4) is 0 Å². The topological polar surface area (TPSA) is 202 Å². The molecule has 0 aliphatic heterocycles. The molecular weight excluding hydrogens is 662 g/mol. The van der Waals surface area contributed by atoms with Crippen molar-refractivity contribution in [1.29, 1.82) is 0 Å². The second-order valence-electron chi connectivity index (χ2n) is 11.9. The second kappa shape index (κ2) is 22.6. The molecule has 0 radical (unpaired) electrons. The molecule has 6 N–H and O–H groups in total. The number of rotatable bonds is 24. The van der Waals surface area contributed by atoms with Crippen LogP contribution < -0.4 is 25.4 Å². The van der Waals surface area contributed by atoms with Crippen LogP contribution in [-0.2, 0) is 48.4 Å². The third-order valence-electron chi connectivity index (χ3n) is 7.73. The molecule has 0 aromatic heterocycles. The number of carbonyl (C=O) groups is 4. The Hall–Kier alpha value is -5.02. The first kappa shape index (κ1) is 40.4. The van der Waals surface area contributed by atoms with Gasteiger partial charge >= 0.3 is 5.97 Å². The number of unbranched alkanes of at least 4 members (excludes halogenated alkanes) is 2. The average molecular weight is 710 g/mol. The number of hydrogen-bond donors (Lipinski definition) is 6. The maximum atomic E-state index is 13.8. The second-order valence-corrected chi connectivity index (χ2v) is 11.9. The summed E-state index contributed by atoms with van der Waals surface area (Å²) in [6, 6.07) is 21.2. The van der Waals surface area contributed by atoms with Gasteiger partial charge in [0.15, 0.2) is 6.10 Å². The van der Waals surface area contributed by atoms with E-state index < -0.39 is 48.3 Å². The Labute approximate surface area is 296 Å². The lowest BCUT2D eigenvalue weighted by atomic mass is 10.0. The highest BCUT2D eigenvalue weighted by atomic mass is 17.1. The van der Waals surface area contributed by atoms with Crippen LogP contribution in [0.1, 0.15) is 55.7 Å². The Morgan fingerprint density at radius 2 is 1.27 bits per heavy atom. The van der Waals surface area contributed by atoms with Crippen molar-refractivity contribution in [1.82, 2.24) is 16.0 Å². The van der Waals surface area contributed by atoms with Gasteiger partial charge in [0, 0.05) is 25.8 Å². The van der Waals surface area contributed by atoms with Crippen LogP contribution in [0.5, 0.6) is 11.5 Å². The molecule has 0 aliphatic rings. The monoisotopic (exact) mass is 709 g/mol. The zero-order chi connectivity index (χ0) is 36.8. The molecular formula is C37H47N3O11. The van der Waals surface area contributed by atoms with Gasteiger partial charge in [0.25, 0.3) is 0 Å². The first-order valence-corrected chi connectivity index (χ1v) is 16.8. The minimum Gasteiger partial charge on any atom is -0.489 e. The summed E-state index contributed by atoms with van der Waals surface area (Å²) >= 11 is 0. The van der Waals surface area contributed by atoms with Crippen molar-refractivity contribution >= 4 is 23.7 Å². The van der Waals surface area contributed by atoms with E-state index in [1.807, 2.05) is 37.3 Å². The molecule has 3 aromatic carbocycles. The third kappa shape index (κ3) is 15.6. The van der Waals surface area contributed by atoms with Crippen LogP contribution in [0.25, 0.3) is 0 Å². The summed E-state index contributed by atoms with van der Waals surface area (Å²) in [4.78, 5) is 59.2. The van der Waals surface area contributed by atoms with E-state index in [4.69, 9.17) is 25.1 Å². The number of aliphatic carboxylic acids is 1. The summed E-state index contributed by atoms with van der Waals surface area (Å²) in [5, 5.41) is 34.9. The molecule has 51 heavy (non-hydrogen) atoms. The summed E-state index contributed by atoms with van der Waals surface area (Å²) in [7, 11) is 0. The first-order valence-electron chi connectivity index (χ1n) is 16.8. The van der Waals surface area contributed by atoms with Crippen LogP contribution >= 0.6 is 0 Å². The quantitative estimate of drug-likeness (QED) is 0.0447. The van der Waals surface area contributed by atoms with E-state index in [9.17, 15) is 19.2 Å². The van der Waals surface area contributed by atoms with E-state index in [-0.39, 0.29) is 32.5 Å². The number of benzene rings is 3. The Bertz CT molecular complexity index is 1480. The van der Waals surface area contributed by atoms with Crippen molar-refractivity contribution in [2.24, 2.45) is 0 Å². The van der Waals surface area contributed by atoms with Crippen molar-refractivity contribution in [2.75, 3.05) is 19.8 Å². The zero-order valence-corrected chi connectivity index (χ0v) is 28.6. The van der Waals surface area contributed by atoms with E-state index in [1.165, 1.54) is 0 Å². The largest absolute Gasteiger partial charge is 0.489 e. The van der Waals surface area contributed by atoms with E-state index in [1.54, 1.807) is 48.5 Å². The van der Waals surface area contributed by atoms with Gasteiger partial charge < -0.3 is 30.5 Å². The normalized spacial score (nSPS) is 12.1. The van der Waals surface area contributed by atoms with E-state index in [2.05, 4.69) is 25.7 Å². The smallest absolute Gasteiger partial charge is 0.303 e. The maximum absolute atomic E-state index is 13.8. The Balaban J connectivity index is 1.76. The number of nitrogens with one attached hydrogen (secondary N) is 3. The molecule has 276 valence electrons. The fourth-order valence-electron chi connectivity index (χ4n) is 5.00. The lowest BCUT2D eigenvalue weighted by Crippen LogP contribution is -2.55. The Morgan fingerprint density at radius 3 is 1.84 bits per heavy atom. The highest BCUT2D eigenvalue weighted by molar-refractivity contribution is 5.92. The molecule has 3 rings (SSSR count). The molecule has 0 fully saturated rings. The average Bonchev–Trinajstić information content (AvgIpc) is 3.13. The molecule has 0 aliphatic carbocycles. The summed E-state index contributed by atoms with van der Waals surface area (Å²) in [6.07, 6.45) is 1.28.